The van der Waals surface area contributed by atoms with Crippen molar-refractivity contribution in [2.24, 2.45) is 0 Å². The maximum Gasteiger partial charge on any atom is 0.416 e. The van der Waals surface area contributed by atoms with Crippen LogP contribution in [0.25, 0.3) is 0 Å². The highest BCUT2D eigenvalue weighted by atomic mass is 19.4. The van der Waals surface area contributed by atoms with Crippen molar-refractivity contribution in [2.75, 3.05) is 18.0 Å². The van der Waals surface area contributed by atoms with Gasteiger partial charge in [-0.05, 0) is 57.2 Å². The molecule has 2 aromatic carbocycles. The number of anilines is 2. The second kappa shape index (κ2) is 8.98. The van der Waals surface area contributed by atoms with Crippen LogP contribution >= 0.6 is 0 Å². The summed E-state index contributed by atoms with van der Waals surface area (Å²) in [7, 11) is 0. The molecule has 2 aliphatic rings. The van der Waals surface area contributed by atoms with Crippen molar-refractivity contribution in [1.82, 2.24) is 4.90 Å². The van der Waals surface area contributed by atoms with Crippen molar-refractivity contribution in [3.63, 3.8) is 0 Å². The van der Waals surface area contributed by atoms with E-state index >= 15 is 0 Å². The lowest BCUT2D eigenvalue weighted by molar-refractivity contribution is -0.138. The minimum atomic E-state index is -4.76. The molecule has 3 atom stereocenters. The van der Waals surface area contributed by atoms with Crippen LogP contribution in [0, 0.1) is 0 Å². The molecule has 2 aromatic rings. The second-order valence-corrected chi connectivity index (χ2v) is 9.84. The van der Waals surface area contributed by atoms with Crippen molar-refractivity contribution >= 4 is 17.5 Å². The SMILES string of the molecule is CC(C)(C)OC(=O)N1CC(O)C(O)C(N2c3ccc(C(F)(F)F)cc3Oc3cc(C(F)(F)F)ccc32)C1. The Morgan fingerprint density at radius 3 is 1.81 bits per heavy atom. The van der Waals surface area contributed by atoms with Crippen LogP contribution in [-0.2, 0) is 17.1 Å². The number of carbonyl (C=O) groups is 1. The van der Waals surface area contributed by atoms with Gasteiger partial charge in [0.1, 0.15) is 11.7 Å². The first-order valence-electron chi connectivity index (χ1n) is 11.2. The van der Waals surface area contributed by atoms with Gasteiger partial charge in [-0.2, -0.15) is 26.3 Å². The molecule has 1 amide bonds. The summed E-state index contributed by atoms with van der Waals surface area (Å²) in [6.45, 7) is 4.33. The van der Waals surface area contributed by atoms with Gasteiger partial charge in [0.05, 0.1) is 41.2 Å². The van der Waals surface area contributed by atoms with Gasteiger partial charge in [0.25, 0.3) is 0 Å². The minimum Gasteiger partial charge on any atom is -0.453 e. The van der Waals surface area contributed by atoms with E-state index < -0.39 is 64.9 Å². The summed E-state index contributed by atoms with van der Waals surface area (Å²) >= 11 is 0. The van der Waals surface area contributed by atoms with Crippen LogP contribution < -0.4 is 9.64 Å². The number of ether oxygens (including phenoxy) is 2. The molecule has 0 aliphatic carbocycles. The average Bonchev–Trinajstić information content (AvgIpc) is 2.76. The molecule has 2 aliphatic heterocycles. The van der Waals surface area contributed by atoms with Gasteiger partial charge >= 0.3 is 18.4 Å². The molecule has 1 saturated heterocycles. The highest BCUT2D eigenvalue weighted by Crippen LogP contribution is 2.51. The molecule has 3 unspecified atom stereocenters. The van der Waals surface area contributed by atoms with Gasteiger partial charge in [-0.1, -0.05) is 0 Å². The first-order valence-corrected chi connectivity index (χ1v) is 11.2. The van der Waals surface area contributed by atoms with E-state index in [1.165, 1.54) is 4.90 Å². The lowest BCUT2D eigenvalue weighted by atomic mass is 9.95. The fraction of sp³-hybridized carbons (Fsp3) is 0.458. The lowest BCUT2D eigenvalue weighted by Crippen LogP contribution is -2.62. The number of amides is 1. The zero-order valence-electron chi connectivity index (χ0n) is 19.9. The molecule has 1 fully saturated rings. The van der Waals surface area contributed by atoms with E-state index in [-0.39, 0.29) is 24.5 Å². The molecule has 4 rings (SSSR count). The monoisotopic (exact) mass is 534 g/mol. The minimum absolute atomic E-state index is 0.00236. The third-order valence-electron chi connectivity index (χ3n) is 5.90. The summed E-state index contributed by atoms with van der Waals surface area (Å²) in [4.78, 5) is 15.1. The van der Waals surface area contributed by atoms with E-state index in [2.05, 4.69) is 0 Å². The van der Waals surface area contributed by atoms with E-state index in [9.17, 15) is 41.4 Å². The number of nitrogens with zero attached hydrogens (tertiary/aromatic N) is 2. The fourth-order valence-corrected chi connectivity index (χ4v) is 4.26. The van der Waals surface area contributed by atoms with E-state index in [1.807, 2.05) is 0 Å². The number of aliphatic hydroxyl groups excluding tert-OH is 2. The number of fused-ring (bicyclic) bond motifs is 2. The Kier molecular flexibility index (Phi) is 6.52. The van der Waals surface area contributed by atoms with Crippen LogP contribution in [0.2, 0.25) is 0 Å². The number of β-amino-alcohol motifs (C(OH)–C–C–N with tert-alkyl or cyclic N) is 1. The molecule has 2 heterocycles. The normalized spacial score (nSPS) is 22.2. The number of aliphatic hydroxyl groups is 2. The lowest BCUT2D eigenvalue weighted by Gasteiger charge is -2.47. The van der Waals surface area contributed by atoms with Gasteiger partial charge < -0.3 is 29.5 Å². The number of piperidine rings is 1. The van der Waals surface area contributed by atoms with Crippen molar-refractivity contribution < 1.29 is 50.8 Å². The van der Waals surface area contributed by atoms with Crippen molar-refractivity contribution in [3.05, 3.63) is 47.5 Å². The van der Waals surface area contributed by atoms with Crippen molar-refractivity contribution in [3.8, 4) is 11.5 Å². The van der Waals surface area contributed by atoms with Crippen LogP contribution in [0.1, 0.15) is 31.9 Å². The Morgan fingerprint density at radius 1 is 0.892 bits per heavy atom. The molecular formula is C24H24F6N2O5. The van der Waals surface area contributed by atoms with Gasteiger partial charge in [0, 0.05) is 6.54 Å². The smallest absolute Gasteiger partial charge is 0.416 e. The third kappa shape index (κ3) is 5.42. The van der Waals surface area contributed by atoms with E-state index in [1.54, 1.807) is 20.8 Å². The number of likely N-dealkylation sites (tertiary alicyclic amines) is 1. The maximum absolute atomic E-state index is 13.4. The quantitative estimate of drug-likeness (QED) is 0.483. The number of rotatable bonds is 1. The predicted molar refractivity (Wildman–Crippen MR) is 119 cm³/mol. The van der Waals surface area contributed by atoms with E-state index in [4.69, 9.17) is 9.47 Å². The highest BCUT2D eigenvalue weighted by molar-refractivity contribution is 5.80. The average molecular weight is 534 g/mol. The first kappa shape index (κ1) is 26.9. The zero-order chi connectivity index (χ0) is 27.5. The highest BCUT2D eigenvalue weighted by Gasteiger charge is 2.45. The van der Waals surface area contributed by atoms with Crippen molar-refractivity contribution in [1.29, 1.82) is 0 Å². The number of alkyl halides is 6. The Balaban J connectivity index is 1.82. The Labute approximate surface area is 207 Å². The van der Waals surface area contributed by atoms with Crippen LogP contribution in [0.5, 0.6) is 11.5 Å². The second-order valence-electron chi connectivity index (χ2n) is 9.84. The molecule has 7 nitrogen and oxygen atoms in total. The largest absolute Gasteiger partial charge is 0.453 e. The summed E-state index contributed by atoms with van der Waals surface area (Å²) in [6, 6.07) is 3.76. The molecular weight excluding hydrogens is 510 g/mol. The predicted octanol–water partition coefficient (Wildman–Crippen LogP) is 5.31. The summed E-state index contributed by atoms with van der Waals surface area (Å²) < 4.78 is 91.0. The Hall–Kier alpha value is -3.19. The van der Waals surface area contributed by atoms with Gasteiger partial charge in [-0.25, -0.2) is 4.79 Å². The van der Waals surface area contributed by atoms with Gasteiger partial charge in [-0.15, -0.1) is 0 Å². The van der Waals surface area contributed by atoms with E-state index in [0.29, 0.717) is 12.1 Å². The third-order valence-corrected chi connectivity index (χ3v) is 5.90. The molecule has 0 aromatic heterocycles. The molecule has 37 heavy (non-hydrogen) atoms. The number of hydrogen-bond donors (Lipinski definition) is 2. The molecule has 0 radical (unpaired) electrons. The standard InChI is InChI=1S/C24H24F6N2O5/c1-22(2,3)37-21(35)31-10-16(20(34)17(33)11-31)32-14-6-4-12(23(25,26)27)8-18(14)36-19-9-13(24(28,29)30)5-7-15(19)32/h4-9,16-17,20,33-34H,10-11H2,1-3H3. The first-order chi connectivity index (χ1) is 17.0. The van der Waals surface area contributed by atoms with Crippen LogP contribution in [-0.4, -0.2) is 58.1 Å². The molecule has 13 heteroatoms. The summed E-state index contributed by atoms with van der Waals surface area (Å²) in [6.07, 6.45) is -13.3. The van der Waals surface area contributed by atoms with Crippen LogP contribution in [0.15, 0.2) is 36.4 Å². The van der Waals surface area contributed by atoms with Gasteiger partial charge in [-0.3, -0.25) is 0 Å². The molecule has 0 saturated carbocycles. The van der Waals surface area contributed by atoms with Crippen LogP contribution in [0.4, 0.5) is 42.5 Å². The Bertz CT molecular complexity index is 1130. The van der Waals surface area contributed by atoms with Crippen molar-refractivity contribution in [2.45, 2.75) is 57.0 Å². The topological polar surface area (TPSA) is 82.5 Å². The fourth-order valence-electron chi connectivity index (χ4n) is 4.26. The molecule has 2 N–H and O–H groups in total. The number of carbonyl (C=O) groups excluding carboxylic acids is 1. The Morgan fingerprint density at radius 2 is 1.38 bits per heavy atom. The summed E-state index contributed by atoms with van der Waals surface area (Å²) in [5.41, 5.74) is -3.07. The van der Waals surface area contributed by atoms with E-state index in [0.717, 1.165) is 29.2 Å². The zero-order valence-corrected chi connectivity index (χ0v) is 19.9. The van der Waals surface area contributed by atoms with Crippen LogP contribution in [0.3, 0.4) is 0 Å². The van der Waals surface area contributed by atoms with Gasteiger partial charge in [0.15, 0.2) is 11.5 Å². The maximum atomic E-state index is 13.4. The molecule has 202 valence electrons. The summed E-state index contributed by atoms with van der Waals surface area (Å²) in [5.74, 6) is -0.810. The number of benzene rings is 2. The molecule has 0 bridgehead atoms. The number of halogens is 6. The summed E-state index contributed by atoms with van der Waals surface area (Å²) in [5, 5.41) is 21.4. The van der Waals surface area contributed by atoms with Gasteiger partial charge in [0.2, 0.25) is 0 Å². The molecule has 0 spiro atoms. The number of hydrogen-bond acceptors (Lipinski definition) is 6.